The zero-order valence-electron chi connectivity index (χ0n) is 15.4. The van der Waals surface area contributed by atoms with Crippen molar-refractivity contribution in [3.63, 3.8) is 0 Å². The highest BCUT2D eigenvalue weighted by Gasteiger charge is 2.47. The van der Waals surface area contributed by atoms with Crippen molar-refractivity contribution in [2.45, 2.75) is 24.7 Å². The smallest absolute Gasteiger partial charge is 0.317 e. The van der Waals surface area contributed by atoms with Crippen LogP contribution in [0, 0.1) is 0 Å². The molecule has 0 bridgehead atoms. The Morgan fingerprint density at radius 3 is 2.21 bits per heavy atom. The second-order valence-electron chi connectivity index (χ2n) is 6.62. The maximum Gasteiger partial charge on any atom is 0.317 e. The van der Waals surface area contributed by atoms with Crippen LogP contribution in [0.2, 0.25) is 5.02 Å². The molecule has 28 heavy (non-hydrogen) atoms. The van der Waals surface area contributed by atoms with Crippen molar-refractivity contribution in [1.29, 1.82) is 0 Å². The van der Waals surface area contributed by atoms with E-state index in [4.69, 9.17) is 21.1 Å². The van der Waals surface area contributed by atoms with Crippen molar-refractivity contribution < 1.29 is 23.9 Å². The number of rotatable bonds is 6. The summed E-state index contributed by atoms with van der Waals surface area (Å²) in [5.41, 5.74) is 0.380. The molecule has 0 aromatic heterocycles. The number of carbonyl (C=O) groups is 3. The third-order valence-corrected chi connectivity index (χ3v) is 5.19. The molecule has 6 nitrogen and oxygen atoms in total. The Bertz CT molecular complexity index is 873. The number of hydrogen-bond acceptors (Lipinski definition) is 5. The molecule has 7 heteroatoms. The van der Waals surface area contributed by atoms with E-state index in [1.807, 2.05) is 0 Å². The van der Waals surface area contributed by atoms with Gasteiger partial charge in [-0.25, -0.2) is 0 Å². The van der Waals surface area contributed by atoms with Crippen LogP contribution < -0.4 is 10.1 Å². The molecule has 0 radical (unpaired) electrons. The minimum absolute atomic E-state index is 0.303. The summed E-state index contributed by atoms with van der Waals surface area (Å²) in [5, 5.41) is 2.80. The molecule has 0 atom stereocenters. The minimum Gasteiger partial charge on any atom is -0.497 e. The molecule has 2 aromatic rings. The number of esters is 1. The normalized spacial score (nSPS) is 14.5. The van der Waals surface area contributed by atoms with Gasteiger partial charge < -0.3 is 9.47 Å². The summed E-state index contributed by atoms with van der Waals surface area (Å²) in [6.45, 7) is -0.518. The molecule has 2 amide bonds. The first-order chi connectivity index (χ1) is 13.4. The van der Waals surface area contributed by atoms with Crippen molar-refractivity contribution >= 4 is 29.4 Å². The van der Waals surface area contributed by atoms with E-state index in [1.165, 1.54) is 19.2 Å². The highest BCUT2D eigenvalue weighted by Crippen LogP contribution is 2.45. The molecule has 0 saturated heterocycles. The fourth-order valence-electron chi connectivity index (χ4n) is 3.16. The fourth-order valence-corrected chi connectivity index (χ4v) is 3.28. The van der Waals surface area contributed by atoms with Crippen LogP contribution in [0.4, 0.5) is 0 Å². The highest BCUT2D eigenvalue weighted by molar-refractivity contribution is 6.30. The van der Waals surface area contributed by atoms with Gasteiger partial charge in [-0.15, -0.1) is 0 Å². The first-order valence-electron chi connectivity index (χ1n) is 8.86. The molecular formula is C21H20ClNO5. The lowest BCUT2D eigenvalue weighted by Crippen LogP contribution is -2.45. The quantitative estimate of drug-likeness (QED) is 0.751. The van der Waals surface area contributed by atoms with Crippen LogP contribution in [0.25, 0.3) is 0 Å². The van der Waals surface area contributed by atoms with Crippen LogP contribution in [0.1, 0.15) is 35.2 Å². The van der Waals surface area contributed by atoms with E-state index < -0.39 is 29.8 Å². The molecule has 0 spiro atoms. The Morgan fingerprint density at radius 1 is 1.04 bits per heavy atom. The van der Waals surface area contributed by atoms with Gasteiger partial charge in [-0.05, 0) is 54.8 Å². The summed E-state index contributed by atoms with van der Waals surface area (Å²) >= 11 is 5.91. The molecule has 146 valence electrons. The number of hydrogen-bond donors (Lipinski definition) is 1. The number of ether oxygens (including phenoxy) is 2. The van der Waals surface area contributed by atoms with E-state index >= 15 is 0 Å². The van der Waals surface area contributed by atoms with Crippen LogP contribution in [0.3, 0.4) is 0 Å². The average Bonchev–Trinajstić information content (AvgIpc) is 2.67. The lowest BCUT2D eigenvalue weighted by Gasteiger charge is -2.39. The first kappa shape index (κ1) is 19.9. The monoisotopic (exact) mass is 401 g/mol. The van der Waals surface area contributed by atoms with E-state index in [1.54, 1.807) is 36.4 Å². The van der Waals surface area contributed by atoms with Gasteiger partial charge in [-0.2, -0.15) is 0 Å². The molecular weight excluding hydrogens is 382 g/mol. The van der Waals surface area contributed by atoms with E-state index in [9.17, 15) is 14.4 Å². The van der Waals surface area contributed by atoms with Gasteiger partial charge in [0.15, 0.2) is 6.61 Å². The number of amides is 2. The number of halogens is 1. The molecule has 1 saturated carbocycles. The predicted molar refractivity (Wildman–Crippen MR) is 103 cm³/mol. The Kier molecular flexibility index (Phi) is 5.99. The Balaban J connectivity index is 1.56. The summed E-state index contributed by atoms with van der Waals surface area (Å²) in [6, 6.07) is 13.4. The summed E-state index contributed by atoms with van der Waals surface area (Å²) in [7, 11) is 1.52. The number of nitrogens with one attached hydrogen (secondary N) is 1. The van der Waals surface area contributed by atoms with Crippen LogP contribution in [-0.2, 0) is 19.7 Å². The van der Waals surface area contributed by atoms with Gasteiger partial charge in [-0.3, -0.25) is 19.7 Å². The Morgan fingerprint density at radius 2 is 1.68 bits per heavy atom. The predicted octanol–water partition coefficient (Wildman–Crippen LogP) is 3.27. The molecule has 3 rings (SSSR count). The molecule has 0 heterocycles. The fraction of sp³-hybridized carbons (Fsp3) is 0.286. The highest BCUT2D eigenvalue weighted by atomic mass is 35.5. The zero-order chi connectivity index (χ0) is 20.1. The van der Waals surface area contributed by atoms with E-state index in [0.717, 1.165) is 12.0 Å². The number of carbonyl (C=O) groups excluding carboxylic acids is 3. The van der Waals surface area contributed by atoms with Gasteiger partial charge in [0.2, 0.25) is 0 Å². The Labute approximate surface area is 167 Å². The minimum atomic E-state index is -0.745. The van der Waals surface area contributed by atoms with Gasteiger partial charge >= 0.3 is 5.97 Å². The van der Waals surface area contributed by atoms with Crippen molar-refractivity contribution in [2.24, 2.45) is 0 Å². The van der Waals surface area contributed by atoms with Gasteiger partial charge in [0.05, 0.1) is 12.5 Å². The van der Waals surface area contributed by atoms with Crippen LogP contribution in [0.15, 0.2) is 48.5 Å². The van der Waals surface area contributed by atoms with Gasteiger partial charge in [0, 0.05) is 10.6 Å². The lowest BCUT2D eigenvalue weighted by atomic mass is 9.64. The SMILES string of the molecule is COc1ccc(C(=O)NC(=O)COC(=O)C2(c3ccc(Cl)cc3)CCC2)cc1. The summed E-state index contributed by atoms with van der Waals surface area (Å²) in [6.07, 6.45) is 2.21. The number of benzene rings is 2. The number of methoxy groups -OCH3 is 1. The molecule has 1 fully saturated rings. The zero-order valence-corrected chi connectivity index (χ0v) is 16.1. The lowest BCUT2D eigenvalue weighted by molar-refractivity contribution is -0.157. The largest absolute Gasteiger partial charge is 0.497 e. The van der Waals surface area contributed by atoms with Crippen molar-refractivity contribution in [3.8, 4) is 5.75 Å². The third-order valence-electron chi connectivity index (χ3n) is 4.93. The summed E-state index contributed by atoms with van der Waals surface area (Å²) < 4.78 is 10.2. The molecule has 2 aromatic carbocycles. The van der Waals surface area contributed by atoms with Gasteiger partial charge in [0.1, 0.15) is 5.75 Å². The van der Waals surface area contributed by atoms with Gasteiger partial charge in [0.25, 0.3) is 11.8 Å². The maximum atomic E-state index is 12.6. The second-order valence-corrected chi connectivity index (χ2v) is 7.06. The third kappa shape index (κ3) is 4.17. The first-order valence-corrected chi connectivity index (χ1v) is 9.24. The summed E-state index contributed by atoms with van der Waals surface area (Å²) in [5.74, 6) is -1.11. The van der Waals surface area contributed by atoms with Crippen LogP contribution in [0.5, 0.6) is 5.75 Å². The number of imide groups is 1. The van der Waals surface area contributed by atoms with Crippen molar-refractivity contribution in [3.05, 3.63) is 64.7 Å². The van der Waals surface area contributed by atoms with Crippen molar-refractivity contribution in [2.75, 3.05) is 13.7 Å². The summed E-state index contributed by atoms with van der Waals surface area (Å²) in [4.78, 5) is 36.7. The van der Waals surface area contributed by atoms with Crippen LogP contribution >= 0.6 is 11.6 Å². The standard InChI is InChI=1S/C21H20ClNO5/c1-27-17-9-3-14(4-10-17)19(25)23-18(24)13-28-20(26)21(11-2-12-21)15-5-7-16(22)8-6-15/h3-10H,2,11-13H2,1H3,(H,23,24,25). The van der Waals surface area contributed by atoms with E-state index in [-0.39, 0.29) is 0 Å². The molecule has 0 aliphatic heterocycles. The Hall–Kier alpha value is -2.86. The molecule has 1 N–H and O–H groups in total. The molecule has 0 unspecified atom stereocenters. The average molecular weight is 402 g/mol. The molecule has 1 aliphatic carbocycles. The second kappa shape index (κ2) is 8.44. The van der Waals surface area contributed by atoms with Crippen molar-refractivity contribution in [1.82, 2.24) is 5.32 Å². The van der Waals surface area contributed by atoms with E-state index in [0.29, 0.717) is 29.2 Å². The maximum absolute atomic E-state index is 12.6. The van der Waals surface area contributed by atoms with Crippen LogP contribution in [-0.4, -0.2) is 31.5 Å². The molecule has 1 aliphatic rings. The van der Waals surface area contributed by atoms with Gasteiger partial charge in [-0.1, -0.05) is 30.2 Å². The van der Waals surface area contributed by atoms with E-state index in [2.05, 4.69) is 5.32 Å². The topological polar surface area (TPSA) is 81.7 Å².